The number of fused-ring (bicyclic) bond motifs is 1. The van der Waals surface area contributed by atoms with Gasteiger partial charge in [-0.3, -0.25) is 0 Å². The smallest absolute Gasteiger partial charge is 0.00881 e. The molecular weight excluding hydrogens is 276 g/mol. The van der Waals surface area contributed by atoms with Crippen molar-refractivity contribution in [3.05, 3.63) is 65.3 Å². The third-order valence-electron chi connectivity index (χ3n) is 4.90. The van der Waals surface area contributed by atoms with Gasteiger partial charge in [0.15, 0.2) is 0 Å². The minimum absolute atomic E-state index is 1.08. The van der Waals surface area contributed by atoms with Gasteiger partial charge in [0.1, 0.15) is 0 Å². The molecule has 3 rings (SSSR count). The average Bonchev–Trinajstić information content (AvgIpc) is 3.11. The van der Waals surface area contributed by atoms with Crippen LogP contribution in [0.15, 0.2) is 48.6 Å². The zero-order valence-corrected chi connectivity index (χ0v) is 14.6. The molecule has 0 radical (unpaired) electrons. The van der Waals surface area contributed by atoms with E-state index in [1.54, 1.807) is 11.1 Å². The number of allylic oxidation sites excluding steroid dienone is 4. The van der Waals surface area contributed by atoms with Crippen LogP contribution in [-0.2, 0) is 12.8 Å². The van der Waals surface area contributed by atoms with E-state index in [1.807, 2.05) is 0 Å². The summed E-state index contributed by atoms with van der Waals surface area (Å²) < 4.78 is 0. The first-order valence-corrected chi connectivity index (χ1v) is 9.24. The van der Waals surface area contributed by atoms with Gasteiger partial charge < -0.3 is 0 Å². The Morgan fingerprint density at radius 1 is 0.870 bits per heavy atom. The molecule has 0 nitrogen and oxygen atoms in total. The number of aryl methyl sites for hydroxylation is 2. The van der Waals surface area contributed by atoms with Crippen LogP contribution >= 0.6 is 0 Å². The van der Waals surface area contributed by atoms with E-state index in [4.69, 9.17) is 0 Å². The second kappa shape index (κ2) is 7.64. The lowest BCUT2D eigenvalue weighted by molar-refractivity contribution is 0.783. The fourth-order valence-electron chi connectivity index (χ4n) is 3.66. The maximum absolute atomic E-state index is 2.52. The molecule has 2 aromatic carbocycles. The molecule has 1 aliphatic rings. The Morgan fingerprint density at radius 3 is 2.22 bits per heavy atom. The van der Waals surface area contributed by atoms with Crippen LogP contribution < -0.4 is 0 Å². The van der Waals surface area contributed by atoms with E-state index in [0.717, 1.165) is 6.42 Å². The zero-order chi connectivity index (χ0) is 16.1. The highest BCUT2D eigenvalue weighted by Crippen LogP contribution is 2.36. The van der Waals surface area contributed by atoms with Gasteiger partial charge in [-0.05, 0) is 65.1 Å². The van der Waals surface area contributed by atoms with Gasteiger partial charge in [0.25, 0.3) is 0 Å². The van der Waals surface area contributed by atoms with Crippen molar-refractivity contribution in [2.24, 2.45) is 0 Å². The highest BCUT2D eigenvalue weighted by Gasteiger charge is 2.15. The van der Waals surface area contributed by atoms with Crippen molar-refractivity contribution in [2.75, 3.05) is 0 Å². The summed E-state index contributed by atoms with van der Waals surface area (Å²) >= 11 is 0. The molecular formula is C23H28. The van der Waals surface area contributed by atoms with E-state index >= 15 is 0 Å². The van der Waals surface area contributed by atoms with Crippen molar-refractivity contribution in [1.29, 1.82) is 0 Å². The molecule has 0 heteroatoms. The quantitative estimate of drug-likeness (QED) is 0.523. The molecule has 0 bridgehead atoms. The fourth-order valence-corrected chi connectivity index (χ4v) is 3.66. The highest BCUT2D eigenvalue weighted by atomic mass is 14.2. The van der Waals surface area contributed by atoms with Crippen molar-refractivity contribution < 1.29 is 0 Å². The Balaban J connectivity index is 2.16. The van der Waals surface area contributed by atoms with Gasteiger partial charge in [0, 0.05) is 0 Å². The van der Waals surface area contributed by atoms with E-state index in [9.17, 15) is 0 Å². The molecule has 0 aromatic heterocycles. The Bertz CT molecular complexity index is 731. The molecule has 0 N–H and O–H groups in total. The molecule has 0 amide bonds. The first-order chi connectivity index (χ1) is 11.3. The average molecular weight is 304 g/mol. The summed E-state index contributed by atoms with van der Waals surface area (Å²) in [5.41, 5.74) is 6.11. The third kappa shape index (κ3) is 3.42. The van der Waals surface area contributed by atoms with Gasteiger partial charge in [0.05, 0.1) is 0 Å². The standard InChI is InChI=1S/C23H28/c1-3-5-11-19-17-20(12-6-4-2)23(18-13-7-8-14-18)22-16-10-9-15-21(19)22/h7-10,13,15-17H,3-6,11-12,14H2,1-2H3. The monoisotopic (exact) mass is 304 g/mol. The molecule has 0 atom stereocenters. The number of hydrogen-bond acceptors (Lipinski definition) is 0. The molecule has 0 spiro atoms. The maximum atomic E-state index is 2.52. The van der Waals surface area contributed by atoms with Gasteiger partial charge in [0.2, 0.25) is 0 Å². The molecule has 0 saturated heterocycles. The van der Waals surface area contributed by atoms with Gasteiger partial charge >= 0.3 is 0 Å². The molecule has 0 heterocycles. The summed E-state index contributed by atoms with van der Waals surface area (Å²) in [5, 5.41) is 2.92. The fraction of sp³-hybridized carbons (Fsp3) is 0.391. The Kier molecular flexibility index (Phi) is 5.33. The van der Waals surface area contributed by atoms with Crippen LogP contribution in [0.1, 0.15) is 62.6 Å². The zero-order valence-electron chi connectivity index (χ0n) is 14.6. The first-order valence-electron chi connectivity index (χ1n) is 9.24. The van der Waals surface area contributed by atoms with Crippen molar-refractivity contribution in [3.8, 4) is 0 Å². The summed E-state index contributed by atoms with van der Waals surface area (Å²) in [5.74, 6) is 0. The Morgan fingerprint density at radius 2 is 1.57 bits per heavy atom. The summed E-state index contributed by atoms with van der Waals surface area (Å²) in [7, 11) is 0. The Hall–Kier alpha value is -1.82. The van der Waals surface area contributed by atoms with Crippen LogP contribution in [0.2, 0.25) is 0 Å². The largest absolute Gasteiger partial charge is 0.0801 e. The molecule has 0 aliphatic heterocycles. The topological polar surface area (TPSA) is 0 Å². The molecule has 0 unspecified atom stereocenters. The predicted molar refractivity (Wildman–Crippen MR) is 103 cm³/mol. The summed E-state index contributed by atoms with van der Waals surface area (Å²) in [6.07, 6.45) is 15.3. The van der Waals surface area contributed by atoms with E-state index in [1.165, 1.54) is 60.4 Å². The van der Waals surface area contributed by atoms with Gasteiger partial charge in [-0.2, -0.15) is 0 Å². The molecule has 120 valence electrons. The number of rotatable bonds is 7. The van der Waals surface area contributed by atoms with E-state index in [2.05, 4.69) is 62.4 Å². The molecule has 23 heavy (non-hydrogen) atoms. The summed E-state index contributed by atoms with van der Waals surface area (Å²) in [4.78, 5) is 0. The summed E-state index contributed by atoms with van der Waals surface area (Å²) in [6, 6.07) is 11.5. The van der Waals surface area contributed by atoms with Crippen molar-refractivity contribution in [1.82, 2.24) is 0 Å². The second-order valence-electron chi connectivity index (χ2n) is 6.65. The predicted octanol–water partition coefficient (Wildman–Crippen LogP) is 6.87. The number of unbranched alkanes of at least 4 members (excludes halogenated alkanes) is 2. The van der Waals surface area contributed by atoms with Crippen LogP contribution in [-0.4, -0.2) is 0 Å². The lowest BCUT2D eigenvalue weighted by Crippen LogP contribution is -1.99. The van der Waals surface area contributed by atoms with Crippen molar-refractivity contribution in [2.45, 2.75) is 58.8 Å². The second-order valence-corrected chi connectivity index (χ2v) is 6.65. The normalized spacial score (nSPS) is 13.7. The van der Waals surface area contributed by atoms with Crippen LogP contribution in [0, 0.1) is 0 Å². The van der Waals surface area contributed by atoms with Crippen LogP contribution in [0.25, 0.3) is 16.3 Å². The molecule has 1 aliphatic carbocycles. The SMILES string of the molecule is CCCCc1cc(CCCC)c2ccccc2c1C1=CC=CC1. The summed E-state index contributed by atoms with van der Waals surface area (Å²) in [6.45, 7) is 4.57. The van der Waals surface area contributed by atoms with Crippen LogP contribution in [0.5, 0.6) is 0 Å². The van der Waals surface area contributed by atoms with Crippen LogP contribution in [0.4, 0.5) is 0 Å². The van der Waals surface area contributed by atoms with E-state index in [-0.39, 0.29) is 0 Å². The minimum atomic E-state index is 1.08. The maximum Gasteiger partial charge on any atom is -0.00881 e. The minimum Gasteiger partial charge on any atom is -0.0801 e. The molecule has 0 fully saturated rings. The van der Waals surface area contributed by atoms with Crippen molar-refractivity contribution >= 4 is 16.3 Å². The highest BCUT2D eigenvalue weighted by molar-refractivity contribution is 5.98. The van der Waals surface area contributed by atoms with Crippen LogP contribution in [0.3, 0.4) is 0 Å². The Labute approximate surface area is 140 Å². The number of benzene rings is 2. The third-order valence-corrected chi connectivity index (χ3v) is 4.90. The van der Waals surface area contributed by atoms with E-state index in [0.29, 0.717) is 0 Å². The molecule has 0 saturated carbocycles. The number of hydrogen-bond donors (Lipinski definition) is 0. The van der Waals surface area contributed by atoms with E-state index < -0.39 is 0 Å². The first kappa shape index (κ1) is 16.1. The lowest BCUT2D eigenvalue weighted by atomic mass is 9.86. The van der Waals surface area contributed by atoms with Gasteiger partial charge in [-0.25, -0.2) is 0 Å². The van der Waals surface area contributed by atoms with Crippen molar-refractivity contribution in [3.63, 3.8) is 0 Å². The van der Waals surface area contributed by atoms with Gasteiger partial charge in [-0.15, -0.1) is 0 Å². The lowest BCUT2D eigenvalue weighted by Gasteiger charge is -2.18. The van der Waals surface area contributed by atoms with Gasteiger partial charge in [-0.1, -0.05) is 75.2 Å². The molecule has 2 aromatic rings.